The number of hydrogen-bond donors (Lipinski definition) is 3. The first-order valence-corrected chi connectivity index (χ1v) is 13.2. The molecule has 0 saturated heterocycles. The van der Waals surface area contributed by atoms with Crippen LogP contribution in [0.25, 0.3) is 11.0 Å². The molecule has 1 heterocycles. The highest BCUT2D eigenvalue weighted by Gasteiger charge is 2.30. The summed E-state index contributed by atoms with van der Waals surface area (Å²) in [7, 11) is 1.92. The Bertz CT molecular complexity index is 1190. The molecule has 0 spiro atoms. The lowest BCUT2D eigenvalue weighted by molar-refractivity contribution is 0.179. The molecule has 1 saturated carbocycles. The van der Waals surface area contributed by atoms with Gasteiger partial charge in [-0.2, -0.15) is 0 Å². The van der Waals surface area contributed by atoms with Crippen molar-refractivity contribution in [1.82, 2.24) is 14.9 Å². The molecule has 3 aromatic rings. The Morgan fingerprint density at radius 1 is 1.19 bits per heavy atom. The highest BCUT2D eigenvalue weighted by molar-refractivity contribution is 5.82. The minimum Gasteiger partial charge on any atom is -0.508 e. The third-order valence-electron chi connectivity index (χ3n) is 7.44. The van der Waals surface area contributed by atoms with Gasteiger partial charge in [-0.3, -0.25) is 0 Å². The van der Waals surface area contributed by atoms with E-state index in [2.05, 4.69) is 23.7 Å². The fourth-order valence-electron chi connectivity index (χ4n) is 5.42. The summed E-state index contributed by atoms with van der Waals surface area (Å²) in [6, 6.07) is 8.34. The van der Waals surface area contributed by atoms with Gasteiger partial charge in [-0.1, -0.05) is 19.8 Å². The molecular weight excluding hydrogens is 457 g/mol. The summed E-state index contributed by atoms with van der Waals surface area (Å²) in [5.41, 5.74) is 2.74. The fraction of sp³-hybridized carbons (Fsp3) is 0.552. The summed E-state index contributed by atoms with van der Waals surface area (Å²) in [4.78, 5) is 4.96. The number of aliphatic hydroxyl groups is 1. The normalized spacial score (nSPS) is 20.1. The Labute approximate surface area is 213 Å². The number of nitrogens with zero attached hydrogens (tertiary/aromatic N) is 2. The molecule has 1 aliphatic carbocycles. The predicted octanol–water partition coefficient (Wildman–Crippen LogP) is 6.04. The quantitative estimate of drug-likeness (QED) is 0.336. The molecule has 0 bridgehead atoms. The monoisotopic (exact) mass is 497 g/mol. The summed E-state index contributed by atoms with van der Waals surface area (Å²) in [6.07, 6.45) is 4.45. The zero-order valence-electron chi connectivity index (χ0n) is 22.1. The van der Waals surface area contributed by atoms with E-state index in [1.807, 2.05) is 27.0 Å². The van der Waals surface area contributed by atoms with E-state index >= 15 is 0 Å². The van der Waals surface area contributed by atoms with Gasteiger partial charge < -0.3 is 24.8 Å². The Balaban J connectivity index is 1.88. The molecule has 196 valence electrons. The average molecular weight is 498 g/mol. The molecule has 4 unspecified atom stereocenters. The minimum atomic E-state index is -1.18. The zero-order chi connectivity index (χ0) is 26.0. The topological polar surface area (TPSA) is 79.5 Å². The van der Waals surface area contributed by atoms with Crippen molar-refractivity contribution in [1.29, 1.82) is 0 Å². The lowest BCUT2D eigenvalue weighted by Crippen LogP contribution is -2.22. The largest absolute Gasteiger partial charge is 0.508 e. The third-order valence-corrected chi connectivity index (χ3v) is 7.44. The molecule has 1 aromatic heterocycles. The number of fused-ring (bicyclic) bond motifs is 1. The maximum atomic E-state index is 14.4. The number of aliphatic hydroxyl groups excluding tert-OH is 1. The van der Waals surface area contributed by atoms with Crippen molar-refractivity contribution in [3.8, 4) is 11.5 Å². The Morgan fingerprint density at radius 3 is 2.67 bits per heavy atom. The predicted molar refractivity (Wildman–Crippen MR) is 141 cm³/mol. The van der Waals surface area contributed by atoms with Crippen molar-refractivity contribution in [2.45, 2.75) is 90.5 Å². The Kier molecular flexibility index (Phi) is 8.20. The summed E-state index contributed by atoms with van der Waals surface area (Å²) in [6.45, 7) is 8.17. The standard InChI is InChI=1S/C29H40FN3O3/c1-17(2)36-26-14-10-20(30)16-23(26)28(35)29-32-27-22(11-9-19(4)31-5)25(34)13-12-24(27)33(29)21-8-6-7-18(3)15-21/h10,12-14,16-19,21,28,31,34-35H,6-9,11,15H2,1-5H3. The van der Waals surface area contributed by atoms with Crippen LogP contribution in [0.15, 0.2) is 30.3 Å². The molecule has 6 nitrogen and oxygen atoms in total. The molecule has 2 aromatic carbocycles. The average Bonchev–Trinajstić information content (AvgIpc) is 3.23. The molecule has 3 N–H and O–H groups in total. The van der Waals surface area contributed by atoms with Crippen molar-refractivity contribution in [3.63, 3.8) is 0 Å². The van der Waals surface area contributed by atoms with Crippen LogP contribution in [-0.2, 0) is 6.42 Å². The van der Waals surface area contributed by atoms with E-state index in [1.54, 1.807) is 12.1 Å². The summed E-state index contributed by atoms with van der Waals surface area (Å²) >= 11 is 0. The number of phenols is 1. The summed E-state index contributed by atoms with van der Waals surface area (Å²) < 4.78 is 22.4. The number of halogens is 1. The van der Waals surface area contributed by atoms with Gasteiger partial charge in [0.2, 0.25) is 0 Å². The molecule has 7 heteroatoms. The van der Waals surface area contributed by atoms with Gasteiger partial charge >= 0.3 is 0 Å². The number of imidazole rings is 1. The van der Waals surface area contributed by atoms with Crippen LogP contribution in [0.4, 0.5) is 4.39 Å². The van der Waals surface area contributed by atoms with Crippen LogP contribution in [0, 0.1) is 11.7 Å². The van der Waals surface area contributed by atoms with Gasteiger partial charge in [0, 0.05) is 23.2 Å². The molecule has 0 radical (unpaired) electrons. The van der Waals surface area contributed by atoms with Crippen molar-refractivity contribution in [2.24, 2.45) is 5.92 Å². The zero-order valence-corrected chi connectivity index (χ0v) is 22.1. The van der Waals surface area contributed by atoms with Crippen LogP contribution in [0.2, 0.25) is 0 Å². The fourth-order valence-corrected chi connectivity index (χ4v) is 5.42. The Morgan fingerprint density at radius 2 is 1.97 bits per heavy atom. The maximum absolute atomic E-state index is 14.4. The lowest BCUT2D eigenvalue weighted by atomic mass is 9.86. The van der Waals surface area contributed by atoms with Crippen molar-refractivity contribution < 1.29 is 19.3 Å². The molecular formula is C29H40FN3O3. The van der Waals surface area contributed by atoms with Crippen LogP contribution < -0.4 is 10.1 Å². The van der Waals surface area contributed by atoms with Gasteiger partial charge in [0.05, 0.1) is 17.1 Å². The van der Waals surface area contributed by atoms with Gasteiger partial charge in [0.1, 0.15) is 29.2 Å². The van der Waals surface area contributed by atoms with Crippen LogP contribution in [-0.4, -0.2) is 39.0 Å². The number of hydrogen-bond acceptors (Lipinski definition) is 5. The van der Waals surface area contributed by atoms with E-state index in [1.165, 1.54) is 18.6 Å². The molecule has 0 amide bonds. The molecule has 36 heavy (non-hydrogen) atoms. The summed E-state index contributed by atoms with van der Waals surface area (Å²) in [5.74, 6) is 1.25. The number of rotatable bonds is 9. The number of aryl methyl sites for hydroxylation is 1. The van der Waals surface area contributed by atoms with Crippen LogP contribution in [0.1, 0.15) is 88.9 Å². The van der Waals surface area contributed by atoms with Crippen LogP contribution in [0.3, 0.4) is 0 Å². The maximum Gasteiger partial charge on any atom is 0.143 e. The van der Waals surface area contributed by atoms with E-state index in [4.69, 9.17) is 9.72 Å². The van der Waals surface area contributed by atoms with Crippen LogP contribution >= 0.6 is 0 Å². The molecule has 1 aliphatic rings. The highest BCUT2D eigenvalue weighted by Crippen LogP contribution is 2.41. The van der Waals surface area contributed by atoms with E-state index in [0.717, 1.165) is 36.8 Å². The Hall–Kier alpha value is -2.64. The van der Waals surface area contributed by atoms with Gasteiger partial charge in [-0.15, -0.1) is 0 Å². The van der Waals surface area contributed by atoms with Crippen LogP contribution in [0.5, 0.6) is 11.5 Å². The second-order valence-electron chi connectivity index (χ2n) is 10.7. The molecule has 4 atom stereocenters. The van der Waals surface area contributed by atoms with E-state index in [-0.39, 0.29) is 23.9 Å². The van der Waals surface area contributed by atoms with Crippen molar-refractivity contribution >= 4 is 11.0 Å². The number of aromatic hydroxyl groups is 1. The minimum absolute atomic E-state index is 0.128. The highest BCUT2D eigenvalue weighted by atomic mass is 19.1. The van der Waals surface area contributed by atoms with Gasteiger partial charge in [0.25, 0.3) is 0 Å². The first-order valence-electron chi connectivity index (χ1n) is 13.2. The molecule has 4 rings (SSSR count). The smallest absolute Gasteiger partial charge is 0.143 e. The van der Waals surface area contributed by atoms with Crippen molar-refractivity contribution in [2.75, 3.05) is 7.05 Å². The first kappa shape index (κ1) is 26.4. The van der Waals surface area contributed by atoms with Gasteiger partial charge in [-0.05, 0) is 89.8 Å². The number of phenolic OH excluding ortho intramolecular Hbond substituents is 1. The second-order valence-corrected chi connectivity index (χ2v) is 10.7. The summed E-state index contributed by atoms with van der Waals surface area (Å²) in [5, 5.41) is 25.7. The van der Waals surface area contributed by atoms with Crippen molar-refractivity contribution in [3.05, 3.63) is 53.1 Å². The van der Waals surface area contributed by atoms with E-state index in [9.17, 15) is 14.6 Å². The van der Waals surface area contributed by atoms with Gasteiger partial charge in [-0.25, -0.2) is 9.37 Å². The first-order chi connectivity index (χ1) is 17.2. The van der Waals surface area contributed by atoms with E-state index < -0.39 is 11.9 Å². The number of nitrogens with one attached hydrogen (secondary N) is 1. The SMILES string of the molecule is CNC(C)CCc1c(O)ccc2c1nc(C(O)c1cc(F)ccc1OC(C)C)n2C1CCCC(C)C1. The number of benzene rings is 2. The lowest BCUT2D eigenvalue weighted by Gasteiger charge is -2.30. The molecule has 0 aliphatic heterocycles. The van der Waals surface area contributed by atoms with Gasteiger partial charge in [0.15, 0.2) is 0 Å². The number of ether oxygens (including phenoxy) is 1. The third kappa shape index (κ3) is 5.52. The number of aromatic nitrogens is 2. The van der Waals surface area contributed by atoms with E-state index in [0.29, 0.717) is 35.0 Å². The second kappa shape index (κ2) is 11.2. The molecule has 1 fully saturated rings.